The summed E-state index contributed by atoms with van der Waals surface area (Å²) in [5, 5.41) is 0. The second kappa shape index (κ2) is 4.98. The van der Waals surface area contributed by atoms with Crippen LogP contribution in [0.25, 0.3) is 11.0 Å². The van der Waals surface area contributed by atoms with Crippen LogP contribution in [0.15, 0.2) is 36.5 Å². The number of nitrogens with zero attached hydrogens (tertiary/aromatic N) is 5. The van der Waals surface area contributed by atoms with Crippen LogP contribution in [0.2, 0.25) is 0 Å². The molecule has 0 spiro atoms. The molecule has 22 heavy (non-hydrogen) atoms. The van der Waals surface area contributed by atoms with Gasteiger partial charge in [-0.3, -0.25) is 0 Å². The molecule has 0 N–H and O–H groups in total. The van der Waals surface area contributed by atoms with Gasteiger partial charge in [-0.15, -0.1) is 0 Å². The van der Waals surface area contributed by atoms with E-state index in [-0.39, 0.29) is 0 Å². The van der Waals surface area contributed by atoms with Crippen LogP contribution in [-0.2, 0) is 0 Å². The van der Waals surface area contributed by atoms with Crippen LogP contribution in [-0.4, -0.2) is 39.7 Å². The van der Waals surface area contributed by atoms with Crippen LogP contribution in [0.4, 0.5) is 5.95 Å². The van der Waals surface area contributed by atoms with Crippen molar-refractivity contribution in [2.45, 2.75) is 13.0 Å². The fourth-order valence-corrected chi connectivity index (χ4v) is 3.01. The van der Waals surface area contributed by atoms with Crippen molar-refractivity contribution < 1.29 is 4.74 Å². The Morgan fingerprint density at radius 2 is 1.95 bits per heavy atom. The highest BCUT2D eigenvalue weighted by atomic mass is 16.5. The summed E-state index contributed by atoms with van der Waals surface area (Å²) in [6.45, 7) is 3.83. The van der Waals surface area contributed by atoms with Gasteiger partial charge in [-0.25, -0.2) is 9.97 Å². The van der Waals surface area contributed by atoms with Crippen LogP contribution in [0, 0.1) is 6.92 Å². The second-order valence-corrected chi connectivity index (χ2v) is 5.48. The molecule has 0 saturated carbocycles. The fourth-order valence-electron chi connectivity index (χ4n) is 3.01. The first-order valence-corrected chi connectivity index (χ1v) is 7.32. The molecule has 0 amide bonds. The molecule has 4 rings (SSSR count). The standard InChI is InChI=1S/C16H17N5O/c1-11-18-13-5-3-4-6-14(13)21(11)12-9-20(10-12)16-17-8-7-15(19-16)22-2/h3-8,12H,9-10H2,1-2H3. The first-order chi connectivity index (χ1) is 10.8. The van der Waals surface area contributed by atoms with E-state index < -0.39 is 0 Å². The summed E-state index contributed by atoms with van der Waals surface area (Å²) < 4.78 is 7.47. The van der Waals surface area contributed by atoms with E-state index >= 15 is 0 Å². The van der Waals surface area contributed by atoms with Gasteiger partial charge in [0, 0.05) is 25.4 Å². The Kier molecular flexibility index (Phi) is 2.96. The largest absolute Gasteiger partial charge is 0.481 e. The molecule has 6 heteroatoms. The molecule has 1 fully saturated rings. The molecule has 0 radical (unpaired) electrons. The molecule has 1 aliphatic heterocycles. The smallest absolute Gasteiger partial charge is 0.228 e. The number of anilines is 1. The minimum atomic E-state index is 0.405. The number of para-hydroxylation sites is 2. The number of aromatic nitrogens is 4. The van der Waals surface area contributed by atoms with Crippen molar-refractivity contribution in [1.82, 2.24) is 19.5 Å². The van der Waals surface area contributed by atoms with E-state index in [0.717, 1.165) is 30.4 Å². The lowest BCUT2D eigenvalue weighted by Gasteiger charge is -2.40. The van der Waals surface area contributed by atoms with Crippen LogP contribution < -0.4 is 9.64 Å². The normalized spacial score (nSPS) is 15.1. The highest BCUT2D eigenvalue weighted by Crippen LogP contribution is 2.30. The molecule has 1 aromatic carbocycles. The Balaban J connectivity index is 1.58. The number of benzene rings is 1. The third-order valence-electron chi connectivity index (χ3n) is 4.11. The number of hydrogen-bond acceptors (Lipinski definition) is 5. The van der Waals surface area contributed by atoms with Gasteiger partial charge in [-0.2, -0.15) is 4.98 Å². The van der Waals surface area contributed by atoms with Crippen molar-refractivity contribution in [2.24, 2.45) is 0 Å². The first-order valence-electron chi connectivity index (χ1n) is 7.32. The molecule has 3 aromatic rings. The Labute approximate surface area is 128 Å². The highest BCUT2D eigenvalue weighted by Gasteiger charge is 2.32. The zero-order valence-corrected chi connectivity index (χ0v) is 12.6. The maximum atomic E-state index is 5.16. The maximum Gasteiger partial charge on any atom is 0.228 e. The van der Waals surface area contributed by atoms with E-state index in [1.54, 1.807) is 19.4 Å². The summed E-state index contributed by atoms with van der Waals surface area (Å²) in [4.78, 5) is 15.5. The summed E-state index contributed by atoms with van der Waals surface area (Å²) >= 11 is 0. The number of fused-ring (bicyclic) bond motifs is 1. The predicted molar refractivity (Wildman–Crippen MR) is 84.3 cm³/mol. The average molecular weight is 295 g/mol. The van der Waals surface area contributed by atoms with Gasteiger partial charge < -0.3 is 14.2 Å². The van der Waals surface area contributed by atoms with Gasteiger partial charge in [-0.1, -0.05) is 12.1 Å². The van der Waals surface area contributed by atoms with E-state index in [1.807, 2.05) is 6.07 Å². The maximum absolute atomic E-state index is 5.16. The van der Waals surface area contributed by atoms with Crippen molar-refractivity contribution in [3.05, 3.63) is 42.4 Å². The summed E-state index contributed by atoms with van der Waals surface area (Å²) in [6, 6.07) is 10.4. The summed E-state index contributed by atoms with van der Waals surface area (Å²) in [5.41, 5.74) is 2.24. The number of hydrogen-bond donors (Lipinski definition) is 0. The Morgan fingerprint density at radius 3 is 2.77 bits per heavy atom. The van der Waals surface area contributed by atoms with Crippen molar-refractivity contribution in [1.29, 1.82) is 0 Å². The minimum absolute atomic E-state index is 0.405. The van der Waals surface area contributed by atoms with Gasteiger partial charge >= 0.3 is 0 Å². The number of ether oxygens (including phenoxy) is 1. The molecule has 0 unspecified atom stereocenters. The molecular weight excluding hydrogens is 278 g/mol. The average Bonchev–Trinajstić information content (AvgIpc) is 2.83. The van der Waals surface area contributed by atoms with E-state index in [2.05, 4.69) is 49.5 Å². The van der Waals surface area contributed by atoms with Gasteiger partial charge in [0.25, 0.3) is 0 Å². The number of rotatable bonds is 3. The quantitative estimate of drug-likeness (QED) is 0.741. The monoisotopic (exact) mass is 295 g/mol. The Bertz CT molecular complexity index is 822. The zero-order valence-electron chi connectivity index (χ0n) is 12.6. The van der Waals surface area contributed by atoms with Gasteiger partial charge in [0.05, 0.1) is 24.2 Å². The van der Waals surface area contributed by atoms with Gasteiger partial charge in [0.15, 0.2) is 0 Å². The molecular formula is C16H17N5O. The fraction of sp³-hybridized carbons (Fsp3) is 0.312. The molecule has 0 atom stereocenters. The van der Waals surface area contributed by atoms with Gasteiger partial charge in [-0.05, 0) is 19.1 Å². The van der Waals surface area contributed by atoms with Crippen LogP contribution in [0.3, 0.4) is 0 Å². The molecule has 1 saturated heterocycles. The number of aryl methyl sites for hydroxylation is 1. The zero-order chi connectivity index (χ0) is 15.1. The molecule has 112 valence electrons. The summed E-state index contributed by atoms with van der Waals surface area (Å²) in [5.74, 6) is 2.37. The van der Waals surface area contributed by atoms with E-state index in [4.69, 9.17) is 4.74 Å². The Morgan fingerprint density at radius 1 is 1.14 bits per heavy atom. The van der Waals surface area contributed by atoms with Crippen molar-refractivity contribution in [2.75, 3.05) is 25.1 Å². The molecule has 6 nitrogen and oxygen atoms in total. The highest BCUT2D eigenvalue weighted by molar-refractivity contribution is 5.76. The Hall–Kier alpha value is -2.63. The lowest BCUT2D eigenvalue weighted by atomic mass is 10.1. The predicted octanol–water partition coefficient (Wildman–Crippen LogP) is 2.20. The topological polar surface area (TPSA) is 56.1 Å². The van der Waals surface area contributed by atoms with Gasteiger partial charge in [0.2, 0.25) is 11.8 Å². The van der Waals surface area contributed by atoms with Gasteiger partial charge in [0.1, 0.15) is 5.82 Å². The van der Waals surface area contributed by atoms with Crippen molar-refractivity contribution >= 4 is 17.0 Å². The summed E-state index contributed by atoms with van der Waals surface area (Å²) in [6.07, 6.45) is 1.73. The molecule has 2 aromatic heterocycles. The number of methoxy groups -OCH3 is 1. The molecule has 1 aliphatic rings. The van der Waals surface area contributed by atoms with Crippen LogP contribution >= 0.6 is 0 Å². The third-order valence-corrected chi connectivity index (χ3v) is 4.11. The van der Waals surface area contributed by atoms with E-state index in [0.29, 0.717) is 11.9 Å². The van der Waals surface area contributed by atoms with Crippen molar-refractivity contribution in [3.63, 3.8) is 0 Å². The molecule has 3 heterocycles. The minimum Gasteiger partial charge on any atom is -0.481 e. The third kappa shape index (κ3) is 1.99. The van der Waals surface area contributed by atoms with Crippen molar-refractivity contribution in [3.8, 4) is 5.88 Å². The first kappa shape index (κ1) is 13.1. The van der Waals surface area contributed by atoms with Crippen LogP contribution in [0.5, 0.6) is 5.88 Å². The molecule has 0 bridgehead atoms. The SMILES string of the molecule is COc1ccnc(N2CC(n3c(C)nc4ccccc43)C2)n1. The summed E-state index contributed by atoms with van der Waals surface area (Å²) in [7, 11) is 1.62. The molecule has 0 aliphatic carbocycles. The van der Waals surface area contributed by atoms with Crippen LogP contribution in [0.1, 0.15) is 11.9 Å². The number of imidazole rings is 1. The lowest BCUT2D eigenvalue weighted by molar-refractivity contribution is 0.381. The van der Waals surface area contributed by atoms with E-state index in [9.17, 15) is 0 Å². The second-order valence-electron chi connectivity index (χ2n) is 5.48. The lowest BCUT2D eigenvalue weighted by Crippen LogP contribution is -2.48. The van der Waals surface area contributed by atoms with E-state index in [1.165, 1.54) is 5.52 Å².